The molecule has 0 bridgehead atoms. The van der Waals surface area contributed by atoms with E-state index in [1.807, 2.05) is 0 Å². The Bertz CT molecular complexity index is 209. The topological polar surface area (TPSA) is 53.6 Å². The highest BCUT2D eigenvalue weighted by molar-refractivity contribution is 5.80. The van der Waals surface area contributed by atoms with Gasteiger partial charge in [-0.15, -0.1) is 0 Å². The van der Waals surface area contributed by atoms with Gasteiger partial charge in [-0.2, -0.15) is 0 Å². The number of nitrogens with zero attached hydrogens (tertiary/aromatic N) is 2. The zero-order valence-corrected chi connectivity index (χ0v) is 10.2. The highest BCUT2D eigenvalue weighted by Crippen LogP contribution is 2.27. The Morgan fingerprint density at radius 3 is 2.60 bits per heavy atom. The number of nitrogens with two attached hydrogens (primary N) is 1. The largest absolute Gasteiger partial charge is 0.339 e. The molecule has 1 aliphatic rings. The average molecular weight is 212 g/mol. The number of nitrogens with one attached hydrogen (secondary N) is 1. The smallest absolute Gasteiger partial charge is 0.208 e. The molecule has 4 heteroatoms. The summed E-state index contributed by atoms with van der Waals surface area (Å²) in [7, 11) is 0. The van der Waals surface area contributed by atoms with E-state index in [4.69, 9.17) is 5.84 Å². The third-order valence-electron chi connectivity index (χ3n) is 2.44. The van der Waals surface area contributed by atoms with Crippen LogP contribution in [0.2, 0.25) is 0 Å². The zero-order chi connectivity index (χ0) is 11.3. The molecule has 0 saturated heterocycles. The van der Waals surface area contributed by atoms with Crippen LogP contribution in [0.15, 0.2) is 4.99 Å². The second-order valence-electron chi connectivity index (χ2n) is 4.63. The SMILES string of the molecule is CCCN=C(NN)N(CC(C)C)C1CC1. The molecule has 0 aromatic carbocycles. The van der Waals surface area contributed by atoms with Crippen molar-refractivity contribution >= 4 is 5.96 Å². The van der Waals surface area contributed by atoms with Crippen LogP contribution in [0.3, 0.4) is 0 Å². The zero-order valence-electron chi connectivity index (χ0n) is 10.2. The van der Waals surface area contributed by atoms with E-state index in [-0.39, 0.29) is 0 Å². The minimum Gasteiger partial charge on any atom is -0.339 e. The molecule has 0 radical (unpaired) electrons. The first kappa shape index (κ1) is 12.3. The number of rotatable bonds is 5. The maximum Gasteiger partial charge on any atom is 0.208 e. The van der Waals surface area contributed by atoms with E-state index >= 15 is 0 Å². The van der Waals surface area contributed by atoms with Gasteiger partial charge in [0.05, 0.1) is 0 Å². The molecule has 0 aliphatic heterocycles. The van der Waals surface area contributed by atoms with Gasteiger partial charge in [-0.3, -0.25) is 10.4 Å². The van der Waals surface area contributed by atoms with Crippen LogP contribution in [-0.4, -0.2) is 30.0 Å². The monoisotopic (exact) mass is 212 g/mol. The maximum absolute atomic E-state index is 5.53. The molecule has 0 aromatic heterocycles. The van der Waals surface area contributed by atoms with Crippen LogP contribution in [0.5, 0.6) is 0 Å². The minimum absolute atomic E-state index is 0.644. The summed E-state index contributed by atoms with van der Waals surface area (Å²) in [5.41, 5.74) is 2.74. The second kappa shape index (κ2) is 5.95. The lowest BCUT2D eigenvalue weighted by molar-refractivity contribution is 0.345. The molecule has 1 fully saturated rings. The van der Waals surface area contributed by atoms with Gasteiger partial charge in [0.2, 0.25) is 5.96 Å². The minimum atomic E-state index is 0.644. The van der Waals surface area contributed by atoms with Gasteiger partial charge in [-0.25, -0.2) is 5.84 Å². The highest BCUT2D eigenvalue weighted by Gasteiger charge is 2.31. The van der Waals surface area contributed by atoms with Crippen LogP contribution in [0.1, 0.15) is 40.0 Å². The molecule has 0 unspecified atom stereocenters. The van der Waals surface area contributed by atoms with E-state index < -0.39 is 0 Å². The van der Waals surface area contributed by atoms with Crippen molar-refractivity contribution in [2.45, 2.75) is 46.1 Å². The fourth-order valence-corrected chi connectivity index (χ4v) is 1.63. The summed E-state index contributed by atoms with van der Waals surface area (Å²) in [5, 5.41) is 0. The molecule has 15 heavy (non-hydrogen) atoms. The lowest BCUT2D eigenvalue weighted by Gasteiger charge is -2.27. The molecule has 1 aliphatic carbocycles. The molecule has 1 saturated carbocycles. The third-order valence-corrected chi connectivity index (χ3v) is 2.44. The molecule has 4 nitrogen and oxygen atoms in total. The normalized spacial score (nSPS) is 17.0. The molecule has 0 atom stereocenters. The highest BCUT2D eigenvalue weighted by atomic mass is 15.4. The van der Waals surface area contributed by atoms with Crippen LogP contribution < -0.4 is 11.3 Å². The van der Waals surface area contributed by atoms with Crippen molar-refractivity contribution in [2.75, 3.05) is 13.1 Å². The standard InChI is InChI=1S/C11H24N4/c1-4-7-13-11(14-12)15(8-9(2)3)10-5-6-10/h9-10H,4-8,12H2,1-3H3,(H,13,14). The number of hydrogen-bond acceptors (Lipinski definition) is 2. The molecule has 0 amide bonds. The summed E-state index contributed by atoms with van der Waals surface area (Å²) in [6.07, 6.45) is 3.62. The predicted octanol–water partition coefficient (Wildman–Crippen LogP) is 1.34. The van der Waals surface area contributed by atoms with Gasteiger partial charge in [-0.05, 0) is 25.2 Å². The first-order valence-corrected chi connectivity index (χ1v) is 5.96. The Morgan fingerprint density at radius 2 is 2.20 bits per heavy atom. The van der Waals surface area contributed by atoms with E-state index in [9.17, 15) is 0 Å². The summed E-state index contributed by atoms with van der Waals surface area (Å²) in [6.45, 7) is 8.46. The lowest BCUT2D eigenvalue weighted by Crippen LogP contribution is -2.47. The molecule has 0 heterocycles. The van der Waals surface area contributed by atoms with Crippen molar-refractivity contribution < 1.29 is 0 Å². The molecule has 3 N–H and O–H groups in total. The summed E-state index contributed by atoms with van der Waals surface area (Å²) in [5.74, 6) is 7.05. The van der Waals surface area contributed by atoms with Crippen LogP contribution in [0.4, 0.5) is 0 Å². The quantitative estimate of drug-likeness (QED) is 0.313. The van der Waals surface area contributed by atoms with Crippen molar-refractivity contribution in [1.82, 2.24) is 10.3 Å². The van der Waals surface area contributed by atoms with Crippen LogP contribution in [0, 0.1) is 5.92 Å². The summed E-state index contributed by atoms with van der Waals surface area (Å²) < 4.78 is 0. The van der Waals surface area contributed by atoms with Gasteiger partial charge in [0.15, 0.2) is 0 Å². The molecule has 0 aromatic rings. The molecular formula is C11H24N4. The van der Waals surface area contributed by atoms with E-state index in [1.54, 1.807) is 0 Å². The number of hydrogen-bond donors (Lipinski definition) is 2. The second-order valence-corrected chi connectivity index (χ2v) is 4.63. The lowest BCUT2D eigenvalue weighted by atomic mass is 10.2. The first-order chi connectivity index (χ1) is 7.19. The Balaban J connectivity index is 2.58. The van der Waals surface area contributed by atoms with Gasteiger partial charge in [-0.1, -0.05) is 20.8 Å². The number of guanidine groups is 1. The van der Waals surface area contributed by atoms with E-state index in [0.717, 1.165) is 25.5 Å². The molecule has 1 rings (SSSR count). The van der Waals surface area contributed by atoms with Crippen molar-refractivity contribution in [1.29, 1.82) is 0 Å². The van der Waals surface area contributed by atoms with Crippen molar-refractivity contribution in [2.24, 2.45) is 16.8 Å². The summed E-state index contributed by atoms with van der Waals surface area (Å²) >= 11 is 0. The fraction of sp³-hybridized carbons (Fsp3) is 0.909. The Morgan fingerprint density at radius 1 is 1.53 bits per heavy atom. The van der Waals surface area contributed by atoms with Gasteiger partial charge >= 0.3 is 0 Å². The fourth-order valence-electron chi connectivity index (χ4n) is 1.63. The van der Waals surface area contributed by atoms with Gasteiger partial charge in [0, 0.05) is 19.1 Å². The Kier molecular flexibility index (Phi) is 4.88. The predicted molar refractivity (Wildman–Crippen MR) is 64.5 cm³/mol. The van der Waals surface area contributed by atoms with Gasteiger partial charge in [0.25, 0.3) is 0 Å². The van der Waals surface area contributed by atoms with Crippen LogP contribution in [0.25, 0.3) is 0 Å². The average Bonchev–Trinajstić information content (AvgIpc) is 3.00. The number of aliphatic imine (C=N–C) groups is 1. The maximum atomic E-state index is 5.53. The van der Waals surface area contributed by atoms with Crippen molar-refractivity contribution in [3.8, 4) is 0 Å². The Hall–Kier alpha value is -0.770. The van der Waals surface area contributed by atoms with E-state index in [2.05, 4.69) is 36.1 Å². The van der Waals surface area contributed by atoms with Gasteiger partial charge in [0.1, 0.15) is 0 Å². The van der Waals surface area contributed by atoms with Gasteiger partial charge < -0.3 is 4.90 Å². The summed E-state index contributed by atoms with van der Waals surface area (Å²) in [4.78, 5) is 6.80. The third kappa shape index (κ3) is 4.08. The van der Waals surface area contributed by atoms with E-state index in [1.165, 1.54) is 12.8 Å². The molecular weight excluding hydrogens is 188 g/mol. The molecule has 88 valence electrons. The Labute approximate surface area is 92.9 Å². The number of hydrazine groups is 1. The first-order valence-electron chi connectivity index (χ1n) is 5.96. The summed E-state index contributed by atoms with van der Waals surface area (Å²) in [6, 6.07) is 0.666. The molecule has 0 spiro atoms. The van der Waals surface area contributed by atoms with E-state index in [0.29, 0.717) is 12.0 Å². The van der Waals surface area contributed by atoms with Crippen molar-refractivity contribution in [3.05, 3.63) is 0 Å². The van der Waals surface area contributed by atoms with Crippen molar-refractivity contribution in [3.63, 3.8) is 0 Å². The van der Waals surface area contributed by atoms with Crippen LogP contribution >= 0.6 is 0 Å². The van der Waals surface area contributed by atoms with Crippen LogP contribution in [-0.2, 0) is 0 Å².